The topological polar surface area (TPSA) is 85.9 Å². The number of non-ortho nitro benzene ring substituents is 1. The predicted molar refractivity (Wildman–Crippen MR) is 74.1 cm³/mol. The molecule has 0 saturated heterocycles. The Kier molecular flexibility index (Phi) is 4.41. The smallest absolute Gasteiger partial charge is 0.269 e. The van der Waals surface area contributed by atoms with E-state index in [0.29, 0.717) is 0 Å². The first-order valence-corrected chi connectivity index (χ1v) is 6.39. The first-order chi connectivity index (χ1) is 9.56. The van der Waals surface area contributed by atoms with Crippen molar-refractivity contribution in [2.45, 2.75) is 32.5 Å². The lowest BCUT2D eigenvalue weighted by atomic mass is 10.1. The molecule has 2 rings (SSSR count). The van der Waals surface area contributed by atoms with Crippen LogP contribution in [-0.4, -0.2) is 25.7 Å². The molecule has 106 valence electrons. The van der Waals surface area contributed by atoms with Crippen molar-refractivity contribution in [2.75, 3.05) is 0 Å². The lowest BCUT2D eigenvalue weighted by Crippen LogP contribution is -2.32. The van der Waals surface area contributed by atoms with Crippen molar-refractivity contribution in [1.29, 1.82) is 0 Å². The van der Waals surface area contributed by atoms with Gasteiger partial charge in [-0.25, -0.2) is 4.98 Å². The molecule has 20 heavy (non-hydrogen) atoms. The van der Waals surface area contributed by atoms with Crippen LogP contribution in [0.5, 0.6) is 0 Å². The summed E-state index contributed by atoms with van der Waals surface area (Å²) in [5, 5.41) is 18.1. The first-order valence-electron chi connectivity index (χ1n) is 6.39. The molecule has 0 fully saturated rings. The van der Waals surface area contributed by atoms with E-state index in [4.69, 9.17) is 0 Å². The molecule has 0 radical (unpaired) electrons. The third-order valence-electron chi connectivity index (χ3n) is 3.07. The third kappa shape index (κ3) is 3.61. The summed E-state index contributed by atoms with van der Waals surface area (Å²) in [4.78, 5) is 14.1. The number of rotatable bonds is 6. The molecule has 0 amide bonds. The molecule has 7 heteroatoms. The third-order valence-corrected chi connectivity index (χ3v) is 3.07. The molecule has 1 heterocycles. The van der Waals surface area contributed by atoms with E-state index in [0.717, 1.165) is 12.1 Å². The fourth-order valence-electron chi connectivity index (χ4n) is 2.07. The quantitative estimate of drug-likeness (QED) is 0.643. The van der Waals surface area contributed by atoms with Gasteiger partial charge in [-0.15, -0.1) is 0 Å². The molecule has 1 N–H and O–H groups in total. The van der Waals surface area contributed by atoms with Gasteiger partial charge in [0.1, 0.15) is 12.7 Å². The molecule has 0 saturated carbocycles. The molecule has 1 aromatic carbocycles. The van der Waals surface area contributed by atoms with Crippen LogP contribution in [0.4, 0.5) is 5.69 Å². The number of aromatic nitrogens is 3. The second kappa shape index (κ2) is 6.25. The van der Waals surface area contributed by atoms with E-state index in [2.05, 4.69) is 22.3 Å². The van der Waals surface area contributed by atoms with Gasteiger partial charge in [0.2, 0.25) is 0 Å². The molecule has 1 aromatic heterocycles. The summed E-state index contributed by atoms with van der Waals surface area (Å²) in [6, 6.07) is 6.91. The lowest BCUT2D eigenvalue weighted by Gasteiger charge is -2.20. The Labute approximate surface area is 116 Å². The SMILES string of the molecule is C[C@H](Cn1cncn1)N[C@@H](C)c1ccc([N+](=O)[O-])cc1. The van der Waals surface area contributed by atoms with E-state index in [1.54, 1.807) is 23.1 Å². The first kappa shape index (κ1) is 14.1. The zero-order chi connectivity index (χ0) is 14.5. The van der Waals surface area contributed by atoms with E-state index in [9.17, 15) is 10.1 Å². The van der Waals surface area contributed by atoms with Crippen LogP contribution >= 0.6 is 0 Å². The summed E-state index contributed by atoms with van der Waals surface area (Å²) in [5.41, 5.74) is 1.12. The van der Waals surface area contributed by atoms with Gasteiger partial charge in [-0.05, 0) is 19.4 Å². The molecule has 0 aliphatic rings. The number of nitrogens with zero attached hydrogens (tertiary/aromatic N) is 4. The van der Waals surface area contributed by atoms with Crippen molar-refractivity contribution in [3.05, 3.63) is 52.6 Å². The second-order valence-corrected chi connectivity index (χ2v) is 4.76. The molecule has 0 spiro atoms. The van der Waals surface area contributed by atoms with Crippen molar-refractivity contribution in [3.63, 3.8) is 0 Å². The van der Waals surface area contributed by atoms with Crippen LogP contribution in [0.25, 0.3) is 0 Å². The van der Waals surface area contributed by atoms with Crippen molar-refractivity contribution in [3.8, 4) is 0 Å². The monoisotopic (exact) mass is 275 g/mol. The number of nitrogens with one attached hydrogen (secondary N) is 1. The second-order valence-electron chi connectivity index (χ2n) is 4.76. The Morgan fingerprint density at radius 2 is 2.05 bits per heavy atom. The highest BCUT2D eigenvalue weighted by Crippen LogP contribution is 2.17. The van der Waals surface area contributed by atoms with Crippen LogP contribution in [0, 0.1) is 10.1 Å². The Balaban J connectivity index is 1.93. The molecule has 0 aliphatic heterocycles. The van der Waals surface area contributed by atoms with Gasteiger partial charge in [0.05, 0.1) is 11.5 Å². The molecule has 0 bridgehead atoms. The number of benzene rings is 1. The lowest BCUT2D eigenvalue weighted by molar-refractivity contribution is -0.384. The Bertz CT molecular complexity index is 553. The van der Waals surface area contributed by atoms with Crippen LogP contribution in [0.15, 0.2) is 36.9 Å². The fourth-order valence-corrected chi connectivity index (χ4v) is 2.07. The van der Waals surface area contributed by atoms with Crippen molar-refractivity contribution in [2.24, 2.45) is 0 Å². The summed E-state index contributed by atoms with van der Waals surface area (Å²) in [6.07, 6.45) is 3.18. The summed E-state index contributed by atoms with van der Waals surface area (Å²) in [7, 11) is 0. The van der Waals surface area contributed by atoms with Crippen LogP contribution in [0.3, 0.4) is 0 Å². The molecular weight excluding hydrogens is 258 g/mol. The fraction of sp³-hybridized carbons (Fsp3) is 0.385. The van der Waals surface area contributed by atoms with Crippen molar-refractivity contribution < 1.29 is 4.92 Å². The molecule has 0 aliphatic carbocycles. The van der Waals surface area contributed by atoms with Crippen LogP contribution in [-0.2, 0) is 6.54 Å². The zero-order valence-corrected chi connectivity index (χ0v) is 11.4. The zero-order valence-electron chi connectivity index (χ0n) is 11.4. The average molecular weight is 275 g/mol. The Hall–Kier alpha value is -2.28. The van der Waals surface area contributed by atoms with E-state index in [1.807, 2.05) is 6.92 Å². The van der Waals surface area contributed by atoms with Gasteiger partial charge in [0.25, 0.3) is 5.69 Å². The highest BCUT2D eigenvalue weighted by atomic mass is 16.6. The van der Waals surface area contributed by atoms with Crippen LogP contribution in [0.1, 0.15) is 25.5 Å². The minimum Gasteiger partial charge on any atom is -0.306 e. The van der Waals surface area contributed by atoms with E-state index in [1.165, 1.54) is 18.5 Å². The van der Waals surface area contributed by atoms with Crippen molar-refractivity contribution in [1.82, 2.24) is 20.1 Å². The highest BCUT2D eigenvalue weighted by Gasteiger charge is 2.12. The van der Waals surface area contributed by atoms with Crippen LogP contribution < -0.4 is 5.32 Å². The number of nitro benzene ring substituents is 1. The van der Waals surface area contributed by atoms with Gasteiger partial charge < -0.3 is 5.32 Å². The summed E-state index contributed by atoms with van der Waals surface area (Å²) >= 11 is 0. The minimum atomic E-state index is -0.394. The normalized spacial score (nSPS) is 13.9. The molecule has 2 atom stereocenters. The maximum Gasteiger partial charge on any atom is 0.269 e. The van der Waals surface area contributed by atoms with Gasteiger partial charge in [0, 0.05) is 24.2 Å². The average Bonchev–Trinajstić information content (AvgIpc) is 2.91. The maximum absolute atomic E-state index is 10.6. The molecular formula is C13H17N5O2. The summed E-state index contributed by atoms with van der Waals surface area (Å²) < 4.78 is 1.76. The Morgan fingerprint density at radius 1 is 1.35 bits per heavy atom. The van der Waals surface area contributed by atoms with E-state index < -0.39 is 4.92 Å². The molecule has 2 aromatic rings. The standard InChI is InChI=1S/C13H17N5O2/c1-10(7-17-9-14-8-15-17)16-11(2)12-3-5-13(6-4-12)18(19)20/h3-6,8-11,16H,7H2,1-2H3/t10-,11+/m1/s1. The van der Waals surface area contributed by atoms with E-state index in [-0.39, 0.29) is 17.8 Å². The summed E-state index contributed by atoms with van der Waals surface area (Å²) in [6.45, 7) is 4.81. The molecule has 0 unspecified atom stereocenters. The minimum absolute atomic E-state index is 0.106. The van der Waals surface area contributed by atoms with Gasteiger partial charge >= 0.3 is 0 Å². The van der Waals surface area contributed by atoms with E-state index >= 15 is 0 Å². The largest absolute Gasteiger partial charge is 0.306 e. The Morgan fingerprint density at radius 3 is 2.60 bits per heavy atom. The predicted octanol–water partition coefficient (Wildman–Crippen LogP) is 1.93. The number of nitro groups is 1. The number of hydrogen-bond donors (Lipinski definition) is 1. The van der Waals surface area contributed by atoms with Gasteiger partial charge in [-0.1, -0.05) is 12.1 Å². The van der Waals surface area contributed by atoms with Gasteiger partial charge in [-0.2, -0.15) is 5.10 Å². The van der Waals surface area contributed by atoms with Crippen molar-refractivity contribution >= 4 is 5.69 Å². The molecule has 7 nitrogen and oxygen atoms in total. The van der Waals surface area contributed by atoms with Gasteiger partial charge in [-0.3, -0.25) is 14.8 Å². The van der Waals surface area contributed by atoms with Crippen LogP contribution in [0.2, 0.25) is 0 Å². The summed E-state index contributed by atoms with van der Waals surface area (Å²) in [5.74, 6) is 0. The highest BCUT2D eigenvalue weighted by molar-refractivity contribution is 5.34. The number of hydrogen-bond acceptors (Lipinski definition) is 5. The van der Waals surface area contributed by atoms with Gasteiger partial charge in [0.15, 0.2) is 0 Å². The maximum atomic E-state index is 10.6.